The van der Waals surface area contributed by atoms with Crippen molar-refractivity contribution < 1.29 is 4.79 Å². The maximum absolute atomic E-state index is 12.8. The van der Waals surface area contributed by atoms with Crippen LogP contribution in [0.4, 0.5) is 5.82 Å². The summed E-state index contributed by atoms with van der Waals surface area (Å²) in [4.78, 5) is 27.0. The van der Waals surface area contributed by atoms with Crippen LogP contribution in [0.1, 0.15) is 64.6 Å². The smallest absolute Gasteiger partial charge is 0.223 e. The highest BCUT2D eigenvalue weighted by Gasteiger charge is 2.26. The van der Waals surface area contributed by atoms with Gasteiger partial charge < -0.3 is 9.80 Å². The Hall–Kier alpha value is -2.43. The summed E-state index contributed by atoms with van der Waals surface area (Å²) in [5, 5.41) is 0. The minimum atomic E-state index is 0.0161. The van der Waals surface area contributed by atoms with Gasteiger partial charge in [0.2, 0.25) is 5.91 Å². The quantitative estimate of drug-likeness (QED) is 0.710. The van der Waals surface area contributed by atoms with Gasteiger partial charge in [0.15, 0.2) is 5.82 Å². The van der Waals surface area contributed by atoms with Crippen LogP contribution in [0.3, 0.4) is 0 Å². The monoisotopic (exact) mass is 408 g/mol. The molecule has 0 bridgehead atoms. The molecule has 162 valence electrons. The second kappa shape index (κ2) is 9.15. The molecule has 0 aliphatic carbocycles. The first kappa shape index (κ1) is 22.3. The van der Waals surface area contributed by atoms with Gasteiger partial charge in [-0.1, -0.05) is 65.0 Å². The number of amides is 1. The molecule has 1 aliphatic rings. The van der Waals surface area contributed by atoms with Gasteiger partial charge in [-0.2, -0.15) is 0 Å². The zero-order chi connectivity index (χ0) is 21.9. The normalized spacial score (nSPS) is 15.4. The molecule has 1 saturated heterocycles. The molecule has 3 rings (SSSR count). The van der Waals surface area contributed by atoms with Gasteiger partial charge in [0, 0.05) is 49.4 Å². The van der Waals surface area contributed by atoms with E-state index in [1.807, 2.05) is 23.1 Å². The summed E-state index contributed by atoms with van der Waals surface area (Å²) >= 11 is 0. The van der Waals surface area contributed by atoms with E-state index in [1.165, 1.54) is 5.56 Å². The van der Waals surface area contributed by atoms with Gasteiger partial charge in [-0.25, -0.2) is 9.97 Å². The average molecular weight is 409 g/mol. The number of carbonyl (C=O) groups is 1. The molecule has 0 spiro atoms. The van der Waals surface area contributed by atoms with Crippen LogP contribution in [0.25, 0.3) is 11.4 Å². The zero-order valence-corrected chi connectivity index (χ0v) is 19.4. The molecule has 2 heterocycles. The lowest BCUT2D eigenvalue weighted by atomic mass is 9.91. The second-order valence-corrected chi connectivity index (χ2v) is 9.85. The number of rotatable bonds is 4. The lowest BCUT2D eigenvalue weighted by molar-refractivity contribution is -0.132. The molecule has 0 unspecified atom stereocenters. The van der Waals surface area contributed by atoms with Crippen LogP contribution in [0.2, 0.25) is 0 Å². The lowest BCUT2D eigenvalue weighted by Gasteiger charge is -2.28. The number of anilines is 1. The van der Waals surface area contributed by atoms with Crippen molar-refractivity contribution in [1.82, 2.24) is 14.9 Å². The number of benzene rings is 1. The Morgan fingerprint density at radius 1 is 1.03 bits per heavy atom. The van der Waals surface area contributed by atoms with E-state index in [0.29, 0.717) is 12.3 Å². The first-order valence-electron chi connectivity index (χ1n) is 11.1. The van der Waals surface area contributed by atoms with Crippen LogP contribution >= 0.6 is 0 Å². The van der Waals surface area contributed by atoms with Crippen molar-refractivity contribution in [3.8, 4) is 11.4 Å². The summed E-state index contributed by atoms with van der Waals surface area (Å²) in [6.07, 6.45) is 1.55. The van der Waals surface area contributed by atoms with Crippen molar-refractivity contribution in [2.24, 2.45) is 5.41 Å². The standard InChI is InChI=1S/C25H36N4O/c1-18(2)22-19(3)26-23(20-11-8-7-9-12-20)27-24(22)29-14-10-13-28(15-16-29)21(30)17-25(4,5)6/h7-9,11-12,18H,10,13-17H2,1-6H3. The maximum atomic E-state index is 12.8. The van der Waals surface area contributed by atoms with E-state index in [0.717, 1.165) is 55.5 Å². The van der Waals surface area contributed by atoms with Gasteiger partial charge in [-0.3, -0.25) is 4.79 Å². The first-order chi connectivity index (χ1) is 14.2. The fourth-order valence-electron chi connectivity index (χ4n) is 4.14. The molecule has 5 heteroatoms. The van der Waals surface area contributed by atoms with Gasteiger partial charge in [0.25, 0.3) is 0 Å². The molecule has 0 saturated carbocycles. The van der Waals surface area contributed by atoms with Crippen molar-refractivity contribution in [3.05, 3.63) is 41.6 Å². The summed E-state index contributed by atoms with van der Waals surface area (Å²) in [5.74, 6) is 2.41. The van der Waals surface area contributed by atoms with Gasteiger partial charge in [-0.15, -0.1) is 0 Å². The molecule has 1 amide bonds. The van der Waals surface area contributed by atoms with Crippen molar-refractivity contribution in [2.75, 3.05) is 31.1 Å². The van der Waals surface area contributed by atoms with Crippen LogP contribution in [-0.4, -0.2) is 47.0 Å². The number of nitrogens with zero attached hydrogens (tertiary/aromatic N) is 4. The van der Waals surface area contributed by atoms with E-state index >= 15 is 0 Å². The predicted molar refractivity (Wildman–Crippen MR) is 124 cm³/mol. The summed E-state index contributed by atoms with van der Waals surface area (Å²) in [5.41, 5.74) is 3.30. The Kier molecular flexibility index (Phi) is 6.79. The Labute approximate surface area is 181 Å². The van der Waals surface area contributed by atoms with E-state index < -0.39 is 0 Å². The maximum Gasteiger partial charge on any atom is 0.223 e. The molecule has 0 radical (unpaired) electrons. The highest BCUT2D eigenvalue weighted by molar-refractivity contribution is 5.77. The molecule has 0 N–H and O–H groups in total. The van der Waals surface area contributed by atoms with Crippen LogP contribution in [-0.2, 0) is 4.79 Å². The Morgan fingerprint density at radius 3 is 2.37 bits per heavy atom. The lowest BCUT2D eigenvalue weighted by Crippen LogP contribution is -2.37. The number of hydrogen-bond donors (Lipinski definition) is 0. The predicted octanol–water partition coefficient (Wildman–Crippen LogP) is 5.05. The molecule has 1 fully saturated rings. The highest BCUT2D eigenvalue weighted by Crippen LogP contribution is 2.31. The van der Waals surface area contributed by atoms with Gasteiger partial charge in [0.05, 0.1) is 0 Å². The van der Waals surface area contributed by atoms with E-state index in [9.17, 15) is 4.79 Å². The van der Waals surface area contributed by atoms with E-state index in [1.54, 1.807) is 0 Å². The molecule has 2 aromatic rings. The van der Waals surface area contributed by atoms with Crippen LogP contribution in [0, 0.1) is 12.3 Å². The summed E-state index contributed by atoms with van der Waals surface area (Å²) in [7, 11) is 0. The van der Waals surface area contributed by atoms with Crippen molar-refractivity contribution in [2.45, 2.75) is 60.3 Å². The molecule has 1 aliphatic heterocycles. The summed E-state index contributed by atoms with van der Waals surface area (Å²) in [6.45, 7) is 16.1. The minimum Gasteiger partial charge on any atom is -0.354 e. The average Bonchev–Trinajstić information content (AvgIpc) is 2.92. The first-order valence-corrected chi connectivity index (χ1v) is 11.1. The Balaban J connectivity index is 1.89. The van der Waals surface area contributed by atoms with Crippen molar-refractivity contribution in [3.63, 3.8) is 0 Å². The third-order valence-electron chi connectivity index (χ3n) is 5.56. The third-order valence-corrected chi connectivity index (χ3v) is 5.56. The molecule has 0 atom stereocenters. The largest absolute Gasteiger partial charge is 0.354 e. The second-order valence-electron chi connectivity index (χ2n) is 9.85. The summed E-state index contributed by atoms with van der Waals surface area (Å²) in [6, 6.07) is 10.2. The molecule has 30 heavy (non-hydrogen) atoms. The topological polar surface area (TPSA) is 49.3 Å². The molecule has 5 nitrogen and oxygen atoms in total. The number of aromatic nitrogens is 2. The number of aryl methyl sites for hydroxylation is 1. The Bertz CT molecular complexity index is 871. The van der Waals surface area contributed by atoms with E-state index in [-0.39, 0.29) is 11.3 Å². The zero-order valence-electron chi connectivity index (χ0n) is 19.4. The van der Waals surface area contributed by atoms with Crippen LogP contribution in [0.15, 0.2) is 30.3 Å². The molecular formula is C25H36N4O. The number of carbonyl (C=O) groups excluding carboxylic acids is 1. The SMILES string of the molecule is Cc1nc(-c2ccccc2)nc(N2CCCN(C(=O)CC(C)(C)C)CC2)c1C(C)C. The van der Waals surface area contributed by atoms with Crippen LogP contribution < -0.4 is 4.90 Å². The minimum absolute atomic E-state index is 0.0161. The fraction of sp³-hybridized carbons (Fsp3) is 0.560. The van der Waals surface area contributed by atoms with Crippen LogP contribution in [0.5, 0.6) is 0 Å². The highest BCUT2D eigenvalue weighted by atomic mass is 16.2. The van der Waals surface area contributed by atoms with Crippen molar-refractivity contribution >= 4 is 11.7 Å². The molecule has 1 aromatic carbocycles. The van der Waals surface area contributed by atoms with E-state index in [4.69, 9.17) is 9.97 Å². The van der Waals surface area contributed by atoms with Gasteiger partial charge >= 0.3 is 0 Å². The van der Waals surface area contributed by atoms with Crippen molar-refractivity contribution in [1.29, 1.82) is 0 Å². The Morgan fingerprint density at radius 2 is 1.73 bits per heavy atom. The summed E-state index contributed by atoms with van der Waals surface area (Å²) < 4.78 is 0. The van der Waals surface area contributed by atoms with Gasteiger partial charge in [0.1, 0.15) is 5.82 Å². The third kappa shape index (κ3) is 5.38. The molecular weight excluding hydrogens is 372 g/mol. The van der Waals surface area contributed by atoms with E-state index in [2.05, 4.69) is 58.6 Å². The molecule has 1 aromatic heterocycles. The number of hydrogen-bond acceptors (Lipinski definition) is 4. The van der Waals surface area contributed by atoms with Gasteiger partial charge in [-0.05, 0) is 24.7 Å². The fourth-order valence-corrected chi connectivity index (χ4v) is 4.14.